The molecule has 7 atom stereocenters. The molecule has 1 nitrogen and oxygen atoms in total. The van der Waals surface area contributed by atoms with Crippen molar-refractivity contribution in [1.29, 1.82) is 0 Å². The van der Waals surface area contributed by atoms with Gasteiger partial charge >= 0.3 is 0 Å². The van der Waals surface area contributed by atoms with Gasteiger partial charge in [0.05, 0.1) is 12.7 Å². The Kier molecular flexibility index (Phi) is 4.66. The average Bonchev–Trinajstić information content (AvgIpc) is 3.09. The summed E-state index contributed by atoms with van der Waals surface area (Å²) in [6.45, 7) is 6.10. The number of fused-ring (bicyclic) bond motifs is 5. The molecule has 0 saturated heterocycles. The summed E-state index contributed by atoms with van der Waals surface area (Å²) < 4.78 is 6.38. The highest BCUT2D eigenvalue weighted by Crippen LogP contribution is 2.66. The maximum absolute atomic E-state index is 6.38. The highest BCUT2D eigenvalue weighted by molar-refractivity contribution is 5.13. The molecule has 6 unspecified atom stereocenters. The normalized spacial score (nSPS) is 46.4. The number of benzene rings is 1. The fourth-order valence-corrected chi connectivity index (χ4v) is 8.15. The van der Waals surface area contributed by atoms with Crippen LogP contribution in [0.5, 0.6) is 0 Å². The average molecular weight is 367 g/mol. The van der Waals surface area contributed by atoms with Crippen molar-refractivity contribution in [3.8, 4) is 0 Å². The zero-order chi connectivity index (χ0) is 18.5. The van der Waals surface area contributed by atoms with E-state index in [0.717, 1.165) is 30.3 Å². The number of ether oxygens (including phenoxy) is 1. The van der Waals surface area contributed by atoms with Gasteiger partial charge in [-0.1, -0.05) is 50.6 Å². The topological polar surface area (TPSA) is 9.23 Å². The Morgan fingerprint density at radius 3 is 2.59 bits per heavy atom. The Morgan fingerprint density at radius 2 is 1.74 bits per heavy atom. The van der Waals surface area contributed by atoms with Crippen LogP contribution in [0.15, 0.2) is 30.3 Å². The van der Waals surface area contributed by atoms with Crippen molar-refractivity contribution in [2.45, 2.75) is 90.8 Å². The molecular formula is C26H38O. The third-order valence-electron chi connectivity index (χ3n) is 9.73. The van der Waals surface area contributed by atoms with E-state index >= 15 is 0 Å². The minimum Gasteiger partial charge on any atom is -0.374 e. The molecule has 148 valence electrons. The van der Waals surface area contributed by atoms with Crippen LogP contribution < -0.4 is 0 Å². The van der Waals surface area contributed by atoms with Crippen molar-refractivity contribution >= 4 is 0 Å². The van der Waals surface area contributed by atoms with Crippen molar-refractivity contribution in [2.75, 3.05) is 0 Å². The van der Waals surface area contributed by atoms with Crippen LogP contribution >= 0.6 is 0 Å². The van der Waals surface area contributed by atoms with Crippen LogP contribution in [0, 0.1) is 34.5 Å². The van der Waals surface area contributed by atoms with E-state index in [2.05, 4.69) is 44.2 Å². The zero-order valence-electron chi connectivity index (χ0n) is 17.5. The smallest absolute Gasteiger partial charge is 0.0720 e. The Bertz CT molecular complexity index is 653. The van der Waals surface area contributed by atoms with Crippen LogP contribution in [0.25, 0.3) is 0 Å². The van der Waals surface area contributed by atoms with Gasteiger partial charge in [0.15, 0.2) is 0 Å². The van der Waals surface area contributed by atoms with E-state index in [1.807, 2.05) is 0 Å². The molecule has 0 N–H and O–H groups in total. The lowest BCUT2D eigenvalue weighted by atomic mass is 9.45. The first-order chi connectivity index (χ1) is 13.1. The molecule has 4 saturated carbocycles. The second-order valence-corrected chi connectivity index (χ2v) is 10.9. The maximum atomic E-state index is 6.38. The number of rotatable bonds is 3. The van der Waals surface area contributed by atoms with Crippen molar-refractivity contribution in [2.24, 2.45) is 34.5 Å². The Balaban J connectivity index is 1.25. The summed E-state index contributed by atoms with van der Waals surface area (Å²) in [6, 6.07) is 10.7. The van der Waals surface area contributed by atoms with Crippen molar-refractivity contribution in [1.82, 2.24) is 0 Å². The molecule has 1 heteroatoms. The zero-order valence-corrected chi connectivity index (χ0v) is 17.5. The van der Waals surface area contributed by atoms with Gasteiger partial charge < -0.3 is 4.74 Å². The molecule has 0 heterocycles. The van der Waals surface area contributed by atoms with Gasteiger partial charge in [-0.15, -0.1) is 0 Å². The molecule has 0 aliphatic heterocycles. The van der Waals surface area contributed by atoms with Crippen molar-refractivity contribution in [3.05, 3.63) is 35.9 Å². The van der Waals surface area contributed by atoms with Gasteiger partial charge in [-0.25, -0.2) is 0 Å². The SMILES string of the molecule is CC12CCCC1C1CC[C@H]3CC(OCc4ccccc4)CCC3(C)C1CC2. The molecule has 4 aliphatic rings. The molecule has 4 fully saturated rings. The van der Waals surface area contributed by atoms with Crippen LogP contribution in [-0.2, 0) is 11.3 Å². The summed E-state index contributed by atoms with van der Waals surface area (Å²) in [5, 5.41) is 0. The van der Waals surface area contributed by atoms with Gasteiger partial charge in [0, 0.05) is 0 Å². The summed E-state index contributed by atoms with van der Waals surface area (Å²) in [5.74, 6) is 3.98. The molecule has 4 aliphatic carbocycles. The van der Waals surface area contributed by atoms with Crippen LogP contribution in [0.3, 0.4) is 0 Å². The Morgan fingerprint density at radius 1 is 0.889 bits per heavy atom. The lowest BCUT2D eigenvalue weighted by molar-refractivity contribution is -0.131. The van der Waals surface area contributed by atoms with E-state index in [9.17, 15) is 0 Å². The minimum atomic E-state index is 0.486. The van der Waals surface area contributed by atoms with Crippen LogP contribution in [-0.4, -0.2) is 6.10 Å². The molecule has 1 aromatic rings. The standard InChI is InChI=1S/C26H38O/c1-25-14-6-9-23(25)22-11-10-20-17-21(27-18-19-7-4-3-5-8-19)12-16-26(20,2)24(22)13-15-25/h3-5,7-8,20-24H,6,9-18H2,1-2H3/t20-,21?,22?,23?,24?,25?,26?/m0/s1. The molecule has 27 heavy (non-hydrogen) atoms. The molecule has 0 radical (unpaired) electrons. The molecule has 1 aromatic carbocycles. The van der Waals surface area contributed by atoms with E-state index in [0.29, 0.717) is 16.9 Å². The van der Waals surface area contributed by atoms with E-state index in [1.54, 1.807) is 0 Å². The van der Waals surface area contributed by atoms with Gasteiger partial charge in [-0.05, 0) is 97.9 Å². The van der Waals surface area contributed by atoms with E-state index in [-0.39, 0.29) is 0 Å². The van der Waals surface area contributed by atoms with Gasteiger partial charge in [0.2, 0.25) is 0 Å². The van der Waals surface area contributed by atoms with E-state index in [1.165, 1.54) is 69.8 Å². The minimum absolute atomic E-state index is 0.486. The third-order valence-corrected chi connectivity index (χ3v) is 9.73. The predicted molar refractivity (Wildman–Crippen MR) is 111 cm³/mol. The number of hydrogen-bond acceptors (Lipinski definition) is 1. The van der Waals surface area contributed by atoms with Gasteiger partial charge in [-0.3, -0.25) is 0 Å². The number of hydrogen-bond donors (Lipinski definition) is 0. The van der Waals surface area contributed by atoms with Gasteiger partial charge in [-0.2, -0.15) is 0 Å². The van der Waals surface area contributed by atoms with Gasteiger partial charge in [0.25, 0.3) is 0 Å². The first-order valence-corrected chi connectivity index (χ1v) is 11.7. The quantitative estimate of drug-likeness (QED) is 0.559. The molecule has 0 amide bonds. The summed E-state index contributed by atoms with van der Waals surface area (Å²) in [7, 11) is 0. The third kappa shape index (κ3) is 3.09. The van der Waals surface area contributed by atoms with Crippen LogP contribution in [0.2, 0.25) is 0 Å². The van der Waals surface area contributed by atoms with E-state index < -0.39 is 0 Å². The first-order valence-electron chi connectivity index (χ1n) is 11.7. The fraction of sp³-hybridized carbons (Fsp3) is 0.769. The predicted octanol–water partition coefficient (Wildman–Crippen LogP) is 7.00. The van der Waals surface area contributed by atoms with Gasteiger partial charge in [0.1, 0.15) is 0 Å². The summed E-state index contributed by atoms with van der Waals surface area (Å²) in [6.07, 6.45) is 15.0. The van der Waals surface area contributed by atoms with E-state index in [4.69, 9.17) is 4.74 Å². The lowest BCUT2D eigenvalue weighted by Gasteiger charge is -2.60. The molecule has 0 aromatic heterocycles. The maximum Gasteiger partial charge on any atom is 0.0720 e. The monoisotopic (exact) mass is 366 g/mol. The first kappa shape index (κ1) is 18.2. The second kappa shape index (κ2) is 6.90. The molecule has 5 rings (SSSR count). The van der Waals surface area contributed by atoms with Crippen LogP contribution in [0.4, 0.5) is 0 Å². The highest BCUT2D eigenvalue weighted by Gasteiger charge is 2.57. The molecule has 0 spiro atoms. The summed E-state index contributed by atoms with van der Waals surface area (Å²) >= 11 is 0. The second-order valence-electron chi connectivity index (χ2n) is 10.9. The molecule has 0 bridgehead atoms. The molecular weight excluding hydrogens is 328 g/mol. The summed E-state index contributed by atoms with van der Waals surface area (Å²) in [5.41, 5.74) is 2.61. The van der Waals surface area contributed by atoms with Crippen LogP contribution in [0.1, 0.15) is 83.6 Å². The Labute approximate surface area is 166 Å². The van der Waals surface area contributed by atoms with Crippen molar-refractivity contribution < 1.29 is 4.74 Å². The summed E-state index contributed by atoms with van der Waals surface area (Å²) in [4.78, 5) is 0. The fourth-order valence-electron chi connectivity index (χ4n) is 8.15. The highest BCUT2D eigenvalue weighted by atomic mass is 16.5. The largest absolute Gasteiger partial charge is 0.374 e. The Hall–Kier alpha value is -0.820. The van der Waals surface area contributed by atoms with Crippen molar-refractivity contribution in [3.63, 3.8) is 0 Å². The lowest BCUT2D eigenvalue weighted by Crippen LogP contribution is -2.53.